The molecule has 1 aliphatic rings. The number of anilines is 1. The van der Waals surface area contributed by atoms with Crippen molar-refractivity contribution in [2.75, 3.05) is 11.4 Å². The van der Waals surface area contributed by atoms with Crippen molar-refractivity contribution in [1.29, 1.82) is 0 Å². The lowest BCUT2D eigenvalue weighted by Crippen LogP contribution is -2.29. The van der Waals surface area contributed by atoms with E-state index in [0.29, 0.717) is 6.04 Å². The van der Waals surface area contributed by atoms with Gasteiger partial charge in [-0.25, -0.2) is 9.97 Å². The molecule has 0 N–H and O–H groups in total. The maximum atomic E-state index is 12.9. The first kappa shape index (κ1) is 9.37. The third-order valence-corrected chi connectivity index (χ3v) is 2.76. The van der Waals surface area contributed by atoms with Crippen LogP contribution < -0.4 is 4.90 Å². The third kappa shape index (κ3) is 1.69. The SMILES string of the molecule is CCC1CCCN1c1cc(F)ncn1. The van der Waals surface area contributed by atoms with Crippen LogP contribution in [0, 0.1) is 5.95 Å². The first-order valence-electron chi connectivity index (χ1n) is 5.05. The number of nitrogens with zero attached hydrogens (tertiary/aromatic N) is 3. The minimum Gasteiger partial charge on any atom is -0.353 e. The molecular formula is C10H14FN3. The summed E-state index contributed by atoms with van der Waals surface area (Å²) in [5.41, 5.74) is 0. The molecule has 1 saturated heterocycles. The summed E-state index contributed by atoms with van der Waals surface area (Å²) in [5.74, 6) is 0.276. The highest BCUT2D eigenvalue weighted by Gasteiger charge is 2.24. The first-order chi connectivity index (χ1) is 6.81. The molecule has 1 unspecified atom stereocenters. The molecule has 0 aromatic carbocycles. The van der Waals surface area contributed by atoms with Gasteiger partial charge < -0.3 is 4.90 Å². The van der Waals surface area contributed by atoms with E-state index in [-0.39, 0.29) is 0 Å². The molecule has 76 valence electrons. The van der Waals surface area contributed by atoms with Crippen LogP contribution in [0.1, 0.15) is 26.2 Å². The lowest BCUT2D eigenvalue weighted by molar-refractivity contribution is 0.574. The molecule has 4 heteroatoms. The summed E-state index contributed by atoms with van der Waals surface area (Å²) in [6.45, 7) is 3.13. The molecule has 1 atom stereocenters. The van der Waals surface area contributed by atoms with E-state index >= 15 is 0 Å². The lowest BCUT2D eigenvalue weighted by Gasteiger charge is -2.24. The van der Waals surface area contributed by atoms with Gasteiger partial charge in [-0.15, -0.1) is 0 Å². The fourth-order valence-electron chi connectivity index (χ4n) is 2.04. The van der Waals surface area contributed by atoms with Gasteiger partial charge in [-0.2, -0.15) is 4.39 Å². The van der Waals surface area contributed by atoms with Gasteiger partial charge in [-0.1, -0.05) is 6.92 Å². The van der Waals surface area contributed by atoms with Crippen LogP contribution >= 0.6 is 0 Å². The first-order valence-corrected chi connectivity index (χ1v) is 5.05. The van der Waals surface area contributed by atoms with Gasteiger partial charge in [0, 0.05) is 18.7 Å². The normalized spacial score (nSPS) is 21.6. The van der Waals surface area contributed by atoms with E-state index in [9.17, 15) is 4.39 Å². The molecule has 0 aliphatic carbocycles. The summed E-state index contributed by atoms with van der Waals surface area (Å²) >= 11 is 0. The van der Waals surface area contributed by atoms with Gasteiger partial charge in [-0.05, 0) is 19.3 Å². The molecule has 0 saturated carbocycles. The van der Waals surface area contributed by atoms with Crippen LogP contribution in [0.25, 0.3) is 0 Å². The molecule has 2 heterocycles. The van der Waals surface area contributed by atoms with Crippen LogP contribution in [0.5, 0.6) is 0 Å². The molecule has 1 aliphatic heterocycles. The number of hydrogen-bond acceptors (Lipinski definition) is 3. The molecule has 0 radical (unpaired) electrons. The highest BCUT2D eigenvalue weighted by molar-refractivity contribution is 5.39. The second-order valence-electron chi connectivity index (χ2n) is 3.60. The largest absolute Gasteiger partial charge is 0.353 e. The molecule has 1 aromatic heterocycles. The van der Waals surface area contributed by atoms with Gasteiger partial charge in [0.25, 0.3) is 0 Å². The van der Waals surface area contributed by atoms with E-state index in [1.54, 1.807) is 0 Å². The van der Waals surface area contributed by atoms with Crippen LogP contribution in [0.15, 0.2) is 12.4 Å². The highest BCUT2D eigenvalue weighted by atomic mass is 19.1. The van der Waals surface area contributed by atoms with Crippen molar-refractivity contribution < 1.29 is 4.39 Å². The predicted molar refractivity (Wildman–Crippen MR) is 52.6 cm³/mol. The minimum absolute atomic E-state index is 0.447. The number of rotatable bonds is 2. The van der Waals surface area contributed by atoms with Crippen molar-refractivity contribution in [2.24, 2.45) is 0 Å². The Morgan fingerprint density at radius 1 is 1.57 bits per heavy atom. The van der Waals surface area contributed by atoms with Crippen molar-refractivity contribution in [2.45, 2.75) is 32.2 Å². The molecule has 0 spiro atoms. The molecule has 1 fully saturated rings. The Morgan fingerprint density at radius 3 is 3.14 bits per heavy atom. The van der Waals surface area contributed by atoms with Gasteiger partial charge in [0.1, 0.15) is 12.1 Å². The van der Waals surface area contributed by atoms with Crippen LogP contribution in [0.2, 0.25) is 0 Å². The zero-order chi connectivity index (χ0) is 9.97. The fourth-order valence-corrected chi connectivity index (χ4v) is 2.04. The molecule has 1 aromatic rings. The topological polar surface area (TPSA) is 29.0 Å². The maximum absolute atomic E-state index is 12.9. The van der Waals surface area contributed by atoms with Gasteiger partial charge in [0.15, 0.2) is 0 Å². The van der Waals surface area contributed by atoms with Crippen molar-refractivity contribution in [3.8, 4) is 0 Å². The summed E-state index contributed by atoms with van der Waals surface area (Å²) in [4.78, 5) is 9.72. The molecule has 14 heavy (non-hydrogen) atoms. The number of hydrogen-bond donors (Lipinski definition) is 0. The summed E-state index contributed by atoms with van der Waals surface area (Å²) in [6, 6.07) is 1.93. The average Bonchev–Trinajstić information content (AvgIpc) is 2.65. The van der Waals surface area contributed by atoms with E-state index in [4.69, 9.17) is 0 Å². The fraction of sp³-hybridized carbons (Fsp3) is 0.600. The Labute approximate surface area is 83.0 Å². The Morgan fingerprint density at radius 2 is 2.43 bits per heavy atom. The quantitative estimate of drug-likeness (QED) is 0.676. The Kier molecular flexibility index (Phi) is 2.61. The van der Waals surface area contributed by atoms with E-state index in [1.807, 2.05) is 0 Å². The maximum Gasteiger partial charge on any atom is 0.218 e. The standard InChI is InChI=1S/C10H14FN3/c1-2-8-4-3-5-14(8)10-6-9(11)12-7-13-10/h6-8H,2-5H2,1H3. The second-order valence-corrected chi connectivity index (χ2v) is 3.60. The summed E-state index contributed by atoms with van der Waals surface area (Å²) < 4.78 is 12.9. The molecular weight excluding hydrogens is 181 g/mol. The predicted octanol–water partition coefficient (Wildman–Crippen LogP) is 1.99. The van der Waals surface area contributed by atoms with Crippen LogP contribution in [-0.4, -0.2) is 22.6 Å². The average molecular weight is 195 g/mol. The molecule has 3 nitrogen and oxygen atoms in total. The third-order valence-electron chi connectivity index (χ3n) is 2.76. The second kappa shape index (κ2) is 3.90. The smallest absolute Gasteiger partial charge is 0.218 e. The molecule has 2 rings (SSSR count). The monoisotopic (exact) mass is 195 g/mol. The van der Waals surface area contributed by atoms with E-state index in [0.717, 1.165) is 18.8 Å². The van der Waals surface area contributed by atoms with E-state index < -0.39 is 5.95 Å². The minimum atomic E-state index is -0.447. The summed E-state index contributed by atoms with van der Waals surface area (Å²) in [7, 11) is 0. The zero-order valence-corrected chi connectivity index (χ0v) is 8.28. The van der Waals surface area contributed by atoms with E-state index in [1.165, 1.54) is 25.2 Å². The number of halogens is 1. The van der Waals surface area contributed by atoms with Gasteiger partial charge in [0.05, 0.1) is 0 Å². The Hall–Kier alpha value is -1.19. The van der Waals surface area contributed by atoms with Gasteiger partial charge in [-0.3, -0.25) is 0 Å². The van der Waals surface area contributed by atoms with Crippen molar-refractivity contribution in [1.82, 2.24) is 9.97 Å². The number of aromatic nitrogens is 2. The van der Waals surface area contributed by atoms with Crippen molar-refractivity contribution >= 4 is 5.82 Å². The zero-order valence-electron chi connectivity index (χ0n) is 8.28. The van der Waals surface area contributed by atoms with Crippen molar-refractivity contribution in [3.63, 3.8) is 0 Å². The van der Waals surface area contributed by atoms with Gasteiger partial charge in [0.2, 0.25) is 5.95 Å². The Bertz CT molecular complexity index is 316. The molecule has 0 amide bonds. The Balaban J connectivity index is 2.21. The molecule has 0 bridgehead atoms. The van der Waals surface area contributed by atoms with Crippen LogP contribution in [0.3, 0.4) is 0 Å². The lowest BCUT2D eigenvalue weighted by atomic mass is 10.2. The highest BCUT2D eigenvalue weighted by Crippen LogP contribution is 2.25. The van der Waals surface area contributed by atoms with E-state index in [2.05, 4.69) is 21.8 Å². The van der Waals surface area contributed by atoms with Crippen LogP contribution in [-0.2, 0) is 0 Å². The van der Waals surface area contributed by atoms with Crippen LogP contribution in [0.4, 0.5) is 10.2 Å². The summed E-state index contributed by atoms with van der Waals surface area (Å²) in [6.07, 6.45) is 4.73. The summed E-state index contributed by atoms with van der Waals surface area (Å²) in [5, 5.41) is 0. The van der Waals surface area contributed by atoms with Gasteiger partial charge >= 0.3 is 0 Å². The van der Waals surface area contributed by atoms with Crippen molar-refractivity contribution in [3.05, 3.63) is 18.3 Å².